The lowest BCUT2D eigenvalue weighted by Crippen LogP contribution is -2.15. The van der Waals surface area contributed by atoms with Crippen LogP contribution in [-0.2, 0) is 4.79 Å². The van der Waals surface area contributed by atoms with Crippen molar-refractivity contribution >= 4 is 5.97 Å². The van der Waals surface area contributed by atoms with E-state index in [1.807, 2.05) is 12.1 Å². The van der Waals surface area contributed by atoms with Gasteiger partial charge in [0.25, 0.3) is 0 Å². The van der Waals surface area contributed by atoms with Crippen molar-refractivity contribution in [3.63, 3.8) is 0 Å². The third kappa shape index (κ3) is 3.79. The van der Waals surface area contributed by atoms with Gasteiger partial charge in [0.05, 0.1) is 18.7 Å². The minimum absolute atomic E-state index is 0.200. The maximum atomic E-state index is 11.0. The highest BCUT2D eigenvalue weighted by molar-refractivity contribution is 5.70. The predicted octanol–water partition coefficient (Wildman–Crippen LogP) is 4.01. The number of aromatic nitrogens is 1. The molecule has 120 valence electrons. The van der Waals surface area contributed by atoms with Crippen LogP contribution in [0.3, 0.4) is 0 Å². The van der Waals surface area contributed by atoms with Crippen LogP contribution in [0.25, 0.3) is 0 Å². The average Bonchev–Trinajstić information content (AvgIpc) is 3.05. The SMILES string of the molecule is O=C(O)C1CCC(c2ccc(OCC3CCCCC3)cn2)C1. The summed E-state index contributed by atoms with van der Waals surface area (Å²) in [5.41, 5.74) is 1.01. The zero-order valence-corrected chi connectivity index (χ0v) is 13.0. The summed E-state index contributed by atoms with van der Waals surface area (Å²) in [4.78, 5) is 15.5. The van der Waals surface area contributed by atoms with Crippen LogP contribution in [0.2, 0.25) is 0 Å². The fourth-order valence-corrected chi connectivity index (χ4v) is 3.76. The first kappa shape index (κ1) is 15.3. The first-order chi connectivity index (χ1) is 10.7. The van der Waals surface area contributed by atoms with Crippen molar-refractivity contribution in [1.82, 2.24) is 4.98 Å². The molecule has 2 aliphatic carbocycles. The first-order valence-corrected chi connectivity index (χ1v) is 8.54. The van der Waals surface area contributed by atoms with Gasteiger partial charge in [-0.3, -0.25) is 9.78 Å². The van der Waals surface area contributed by atoms with E-state index in [4.69, 9.17) is 9.84 Å². The largest absolute Gasteiger partial charge is 0.492 e. The molecule has 0 radical (unpaired) electrons. The third-order valence-corrected chi connectivity index (χ3v) is 5.17. The molecule has 4 heteroatoms. The molecule has 2 unspecified atom stereocenters. The molecule has 2 atom stereocenters. The summed E-state index contributed by atoms with van der Waals surface area (Å²) < 4.78 is 5.87. The summed E-state index contributed by atoms with van der Waals surface area (Å²) in [6.45, 7) is 0.797. The van der Waals surface area contributed by atoms with Gasteiger partial charge in [-0.1, -0.05) is 19.3 Å². The fourth-order valence-electron chi connectivity index (χ4n) is 3.76. The van der Waals surface area contributed by atoms with Gasteiger partial charge in [0.1, 0.15) is 5.75 Å². The van der Waals surface area contributed by atoms with Gasteiger partial charge in [0.15, 0.2) is 0 Å². The molecule has 2 fully saturated rings. The molecular formula is C18H25NO3. The number of nitrogens with zero attached hydrogens (tertiary/aromatic N) is 1. The average molecular weight is 303 g/mol. The Hall–Kier alpha value is -1.58. The molecule has 0 bridgehead atoms. The third-order valence-electron chi connectivity index (χ3n) is 5.17. The highest BCUT2D eigenvalue weighted by atomic mass is 16.5. The molecule has 1 aromatic heterocycles. The number of carboxylic acids is 1. The molecule has 4 nitrogen and oxygen atoms in total. The van der Waals surface area contributed by atoms with Gasteiger partial charge >= 0.3 is 5.97 Å². The lowest BCUT2D eigenvalue weighted by atomic mass is 9.90. The maximum absolute atomic E-state index is 11.0. The number of ether oxygens (including phenoxy) is 1. The minimum Gasteiger partial charge on any atom is -0.492 e. The van der Waals surface area contributed by atoms with Gasteiger partial charge in [0.2, 0.25) is 0 Å². The Morgan fingerprint density at radius 1 is 1.18 bits per heavy atom. The van der Waals surface area contributed by atoms with E-state index >= 15 is 0 Å². The molecule has 3 rings (SSSR count). The number of pyridine rings is 1. The second kappa shape index (κ2) is 7.12. The van der Waals surface area contributed by atoms with Crippen LogP contribution >= 0.6 is 0 Å². The normalized spacial score (nSPS) is 26.0. The van der Waals surface area contributed by atoms with E-state index < -0.39 is 5.97 Å². The zero-order chi connectivity index (χ0) is 15.4. The lowest BCUT2D eigenvalue weighted by molar-refractivity contribution is -0.141. The van der Waals surface area contributed by atoms with Gasteiger partial charge in [-0.15, -0.1) is 0 Å². The Balaban J connectivity index is 1.51. The molecule has 1 N–H and O–H groups in total. The molecule has 0 amide bonds. The Kier molecular flexibility index (Phi) is 4.96. The Labute approximate surface area is 131 Å². The summed E-state index contributed by atoms with van der Waals surface area (Å²) in [6.07, 6.45) is 10.8. The first-order valence-electron chi connectivity index (χ1n) is 8.54. The Morgan fingerprint density at radius 3 is 2.64 bits per heavy atom. The van der Waals surface area contributed by atoms with Crippen molar-refractivity contribution in [2.24, 2.45) is 11.8 Å². The van der Waals surface area contributed by atoms with Crippen LogP contribution in [-0.4, -0.2) is 22.7 Å². The summed E-state index contributed by atoms with van der Waals surface area (Å²) in [7, 11) is 0. The Morgan fingerprint density at radius 2 is 2.00 bits per heavy atom. The monoisotopic (exact) mass is 303 g/mol. The van der Waals surface area contributed by atoms with Gasteiger partial charge in [0, 0.05) is 11.6 Å². The number of rotatable bonds is 5. The highest BCUT2D eigenvalue weighted by Gasteiger charge is 2.31. The smallest absolute Gasteiger partial charge is 0.306 e. The van der Waals surface area contributed by atoms with Crippen molar-refractivity contribution in [2.45, 2.75) is 57.3 Å². The van der Waals surface area contributed by atoms with E-state index in [-0.39, 0.29) is 11.8 Å². The molecule has 1 aromatic rings. The predicted molar refractivity (Wildman–Crippen MR) is 84.0 cm³/mol. The number of hydrogen-bond acceptors (Lipinski definition) is 3. The van der Waals surface area contributed by atoms with Crippen LogP contribution in [0.1, 0.15) is 63.0 Å². The van der Waals surface area contributed by atoms with E-state index in [0.29, 0.717) is 12.3 Å². The van der Waals surface area contributed by atoms with E-state index in [9.17, 15) is 4.79 Å². The van der Waals surface area contributed by atoms with Crippen LogP contribution in [0, 0.1) is 11.8 Å². The molecule has 22 heavy (non-hydrogen) atoms. The lowest BCUT2D eigenvalue weighted by Gasteiger charge is -2.21. The summed E-state index contributed by atoms with van der Waals surface area (Å²) >= 11 is 0. The van der Waals surface area contributed by atoms with E-state index in [1.165, 1.54) is 32.1 Å². The van der Waals surface area contributed by atoms with E-state index in [0.717, 1.165) is 30.9 Å². The van der Waals surface area contributed by atoms with Crippen molar-refractivity contribution in [1.29, 1.82) is 0 Å². The summed E-state index contributed by atoms with van der Waals surface area (Å²) in [6, 6.07) is 3.99. The molecule has 1 heterocycles. The van der Waals surface area contributed by atoms with Gasteiger partial charge < -0.3 is 9.84 Å². The number of hydrogen-bond donors (Lipinski definition) is 1. The standard InChI is InChI=1S/C18H25NO3/c20-18(21)15-7-6-14(10-15)17-9-8-16(11-19-17)22-12-13-4-2-1-3-5-13/h8-9,11,13-15H,1-7,10,12H2,(H,20,21). The summed E-state index contributed by atoms with van der Waals surface area (Å²) in [5, 5.41) is 9.08. The minimum atomic E-state index is -0.671. The van der Waals surface area contributed by atoms with Crippen LogP contribution in [0.4, 0.5) is 0 Å². The maximum Gasteiger partial charge on any atom is 0.306 e. The van der Waals surface area contributed by atoms with E-state index in [1.54, 1.807) is 6.20 Å². The number of aliphatic carboxylic acids is 1. The molecule has 0 aromatic carbocycles. The molecule has 2 saturated carbocycles. The fraction of sp³-hybridized carbons (Fsp3) is 0.667. The van der Waals surface area contributed by atoms with Gasteiger partial charge in [-0.25, -0.2) is 0 Å². The topological polar surface area (TPSA) is 59.4 Å². The second-order valence-corrected chi connectivity index (χ2v) is 6.78. The molecule has 0 spiro atoms. The molecule has 0 aliphatic heterocycles. The zero-order valence-electron chi connectivity index (χ0n) is 13.0. The van der Waals surface area contributed by atoms with Gasteiger partial charge in [-0.05, 0) is 50.2 Å². The van der Waals surface area contributed by atoms with Crippen molar-refractivity contribution in [2.75, 3.05) is 6.61 Å². The number of carboxylic acid groups (broad SMARTS) is 1. The second-order valence-electron chi connectivity index (χ2n) is 6.78. The van der Waals surface area contributed by atoms with E-state index in [2.05, 4.69) is 4.98 Å². The van der Waals surface area contributed by atoms with Crippen molar-refractivity contribution in [3.8, 4) is 5.75 Å². The quantitative estimate of drug-likeness (QED) is 0.893. The molecule has 0 saturated heterocycles. The van der Waals surface area contributed by atoms with Crippen molar-refractivity contribution in [3.05, 3.63) is 24.0 Å². The molecule has 2 aliphatic rings. The Bertz CT molecular complexity index is 494. The molecular weight excluding hydrogens is 278 g/mol. The van der Waals surface area contributed by atoms with Crippen LogP contribution < -0.4 is 4.74 Å². The highest BCUT2D eigenvalue weighted by Crippen LogP contribution is 2.37. The van der Waals surface area contributed by atoms with Crippen LogP contribution in [0.5, 0.6) is 5.75 Å². The van der Waals surface area contributed by atoms with Crippen molar-refractivity contribution < 1.29 is 14.6 Å². The van der Waals surface area contributed by atoms with Crippen LogP contribution in [0.15, 0.2) is 18.3 Å². The number of carbonyl (C=O) groups is 1. The van der Waals surface area contributed by atoms with Gasteiger partial charge in [-0.2, -0.15) is 0 Å². The summed E-state index contributed by atoms with van der Waals surface area (Å²) in [5.74, 6) is 0.944.